The summed E-state index contributed by atoms with van der Waals surface area (Å²) in [6, 6.07) is 31.2. The standard InChI is InChI=1S/C25H18N2S/c28-25-20-11-5-7-13-24(20)27(16-18-8-2-1-3-9-18)17-21(25)23-15-14-19-10-4-6-12-22(19)26-23/h1-15,17H,16H2. The van der Waals surface area contributed by atoms with Gasteiger partial charge in [-0.05, 0) is 23.8 Å². The van der Waals surface area contributed by atoms with Gasteiger partial charge in [-0.25, -0.2) is 4.98 Å². The second-order valence-electron chi connectivity index (χ2n) is 6.89. The van der Waals surface area contributed by atoms with Crippen molar-refractivity contribution in [3.8, 4) is 11.3 Å². The summed E-state index contributed by atoms with van der Waals surface area (Å²) in [5.74, 6) is 0. The van der Waals surface area contributed by atoms with Crippen LogP contribution in [0.1, 0.15) is 5.56 Å². The van der Waals surface area contributed by atoms with Crippen molar-refractivity contribution in [3.63, 3.8) is 0 Å². The summed E-state index contributed by atoms with van der Waals surface area (Å²) in [5, 5.41) is 2.22. The number of rotatable bonds is 3. The lowest BCUT2D eigenvalue weighted by molar-refractivity contribution is 0.827. The first kappa shape index (κ1) is 16.8. The number of hydrogen-bond donors (Lipinski definition) is 0. The van der Waals surface area contributed by atoms with Gasteiger partial charge in [-0.3, -0.25) is 0 Å². The molecule has 0 radical (unpaired) electrons. The van der Waals surface area contributed by atoms with Crippen LogP contribution in [0.2, 0.25) is 0 Å². The Morgan fingerprint density at radius 1 is 0.750 bits per heavy atom. The van der Waals surface area contributed by atoms with Gasteiger partial charge in [-0.2, -0.15) is 0 Å². The van der Waals surface area contributed by atoms with Gasteiger partial charge in [-0.15, -0.1) is 0 Å². The molecule has 5 rings (SSSR count). The molecule has 2 heterocycles. The zero-order chi connectivity index (χ0) is 18.9. The van der Waals surface area contributed by atoms with Crippen molar-refractivity contribution < 1.29 is 0 Å². The predicted molar refractivity (Wildman–Crippen MR) is 119 cm³/mol. The van der Waals surface area contributed by atoms with E-state index < -0.39 is 0 Å². The number of pyridine rings is 2. The fourth-order valence-corrected chi connectivity index (χ4v) is 3.98. The lowest BCUT2D eigenvalue weighted by Crippen LogP contribution is -2.03. The van der Waals surface area contributed by atoms with Gasteiger partial charge in [0.1, 0.15) is 0 Å². The van der Waals surface area contributed by atoms with E-state index in [1.54, 1.807) is 0 Å². The van der Waals surface area contributed by atoms with Crippen LogP contribution in [0.3, 0.4) is 0 Å². The Morgan fingerprint density at radius 3 is 2.39 bits per heavy atom. The van der Waals surface area contributed by atoms with E-state index in [0.717, 1.165) is 44.1 Å². The maximum Gasteiger partial charge on any atom is 0.0739 e. The third kappa shape index (κ3) is 3.00. The normalized spacial score (nSPS) is 11.1. The average Bonchev–Trinajstić information content (AvgIpc) is 2.76. The molecule has 0 saturated heterocycles. The van der Waals surface area contributed by atoms with Gasteiger partial charge in [0.25, 0.3) is 0 Å². The van der Waals surface area contributed by atoms with E-state index in [1.165, 1.54) is 5.56 Å². The fourth-order valence-electron chi connectivity index (χ4n) is 3.65. The third-order valence-electron chi connectivity index (χ3n) is 5.06. The number of fused-ring (bicyclic) bond motifs is 2. The zero-order valence-electron chi connectivity index (χ0n) is 15.2. The van der Waals surface area contributed by atoms with E-state index >= 15 is 0 Å². The molecule has 0 fully saturated rings. The molecule has 0 amide bonds. The minimum atomic E-state index is 0.789. The first-order chi connectivity index (χ1) is 13.8. The van der Waals surface area contributed by atoms with Crippen molar-refractivity contribution in [1.82, 2.24) is 9.55 Å². The van der Waals surface area contributed by atoms with Crippen molar-refractivity contribution in [2.24, 2.45) is 0 Å². The van der Waals surface area contributed by atoms with Crippen LogP contribution in [0.15, 0.2) is 97.2 Å². The molecule has 0 unspecified atom stereocenters. The third-order valence-corrected chi connectivity index (χ3v) is 5.50. The van der Waals surface area contributed by atoms with Gasteiger partial charge in [-0.1, -0.05) is 85.0 Å². The van der Waals surface area contributed by atoms with Crippen molar-refractivity contribution >= 4 is 34.0 Å². The van der Waals surface area contributed by atoms with Gasteiger partial charge < -0.3 is 4.57 Å². The largest absolute Gasteiger partial charge is 0.342 e. The Morgan fingerprint density at radius 2 is 1.50 bits per heavy atom. The summed E-state index contributed by atoms with van der Waals surface area (Å²) >= 11 is 5.87. The van der Waals surface area contributed by atoms with Crippen molar-refractivity contribution in [1.29, 1.82) is 0 Å². The summed E-state index contributed by atoms with van der Waals surface area (Å²) in [5.41, 5.74) is 5.29. The number of aromatic nitrogens is 2. The molecule has 3 heteroatoms. The maximum absolute atomic E-state index is 5.87. The Balaban J connectivity index is 1.74. The molecule has 0 atom stereocenters. The van der Waals surface area contributed by atoms with E-state index in [2.05, 4.69) is 71.4 Å². The molecule has 134 valence electrons. The van der Waals surface area contributed by atoms with E-state index in [9.17, 15) is 0 Å². The minimum Gasteiger partial charge on any atom is -0.342 e. The number of para-hydroxylation sites is 2. The second-order valence-corrected chi connectivity index (χ2v) is 7.30. The summed E-state index contributed by atoms with van der Waals surface area (Å²) in [6.07, 6.45) is 2.15. The molecule has 0 aliphatic heterocycles. The quantitative estimate of drug-likeness (QED) is 0.328. The van der Waals surface area contributed by atoms with Crippen LogP contribution < -0.4 is 0 Å². The Hall–Kier alpha value is -3.30. The molecule has 0 spiro atoms. The number of benzene rings is 3. The van der Waals surface area contributed by atoms with Crippen molar-refractivity contribution in [2.45, 2.75) is 6.54 Å². The summed E-state index contributed by atoms with van der Waals surface area (Å²) in [4.78, 5) is 4.88. The Labute approximate surface area is 168 Å². The van der Waals surface area contributed by atoms with Gasteiger partial charge in [0, 0.05) is 34.6 Å². The minimum absolute atomic E-state index is 0.789. The van der Waals surface area contributed by atoms with Crippen LogP contribution in [-0.4, -0.2) is 9.55 Å². The van der Waals surface area contributed by atoms with Crippen LogP contribution in [0.5, 0.6) is 0 Å². The molecule has 28 heavy (non-hydrogen) atoms. The van der Waals surface area contributed by atoms with Crippen LogP contribution in [0.4, 0.5) is 0 Å². The van der Waals surface area contributed by atoms with E-state index in [1.807, 2.05) is 30.3 Å². The SMILES string of the molecule is S=c1c(-c2ccc3ccccc3n2)cn(Cc2ccccc2)c2ccccc12. The van der Waals surface area contributed by atoms with Crippen LogP contribution in [-0.2, 0) is 6.54 Å². The van der Waals surface area contributed by atoms with Crippen LogP contribution >= 0.6 is 12.2 Å². The van der Waals surface area contributed by atoms with Gasteiger partial charge in [0.05, 0.1) is 15.7 Å². The zero-order valence-corrected chi connectivity index (χ0v) is 16.1. The van der Waals surface area contributed by atoms with Crippen molar-refractivity contribution in [3.05, 3.63) is 107 Å². The highest BCUT2D eigenvalue weighted by Crippen LogP contribution is 2.28. The maximum atomic E-state index is 5.87. The van der Waals surface area contributed by atoms with E-state index in [4.69, 9.17) is 17.2 Å². The topological polar surface area (TPSA) is 17.8 Å². The summed E-state index contributed by atoms with van der Waals surface area (Å²) < 4.78 is 3.12. The molecule has 0 aliphatic carbocycles. The summed E-state index contributed by atoms with van der Waals surface area (Å²) in [6.45, 7) is 0.789. The van der Waals surface area contributed by atoms with Gasteiger partial charge >= 0.3 is 0 Å². The van der Waals surface area contributed by atoms with Crippen LogP contribution in [0, 0.1) is 4.51 Å². The first-order valence-corrected chi connectivity index (χ1v) is 9.73. The second kappa shape index (κ2) is 7.02. The molecule has 0 saturated carbocycles. The number of hydrogen-bond acceptors (Lipinski definition) is 2. The first-order valence-electron chi connectivity index (χ1n) is 9.32. The molecular weight excluding hydrogens is 360 g/mol. The fraction of sp³-hybridized carbons (Fsp3) is 0.0400. The molecule has 0 aliphatic rings. The molecule has 5 aromatic rings. The molecular formula is C25H18N2S. The highest BCUT2D eigenvalue weighted by Gasteiger charge is 2.10. The highest BCUT2D eigenvalue weighted by atomic mass is 32.1. The van der Waals surface area contributed by atoms with Crippen LogP contribution in [0.25, 0.3) is 33.1 Å². The molecule has 3 aromatic carbocycles. The Bertz CT molecular complexity index is 1350. The highest BCUT2D eigenvalue weighted by molar-refractivity contribution is 7.71. The summed E-state index contributed by atoms with van der Waals surface area (Å²) in [7, 11) is 0. The van der Waals surface area contributed by atoms with Crippen molar-refractivity contribution in [2.75, 3.05) is 0 Å². The molecule has 0 N–H and O–H groups in total. The lowest BCUT2D eigenvalue weighted by atomic mass is 10.1. The monoisotopic (exact) mass is 378 g/mol. The lowest BCUT2D eigenvalue weighted by Gasteiger charge is -2.15. The molecule has 2 aromatic heterocycles. The van der Waals surface area contributed by atoms with Gasteiger partial charge in [0.15, 0.2) is 0 Å². The average molecular weight is 379 g/mol. The molecule has 2 nitrogen and oxygen atoms in total. The number of nitrogens with zero attached hydrogens (tertiary/aromatic N) is 2. The Kier molecular flexibility index (Phi) is 4.22. The van der Waals surface area contributed by atoms with E-state index in [0.29, 0.717) is 0 Å². The molecule has 0 bridgehead atoms. The smallest absolute Gasteiger partial charge is 0.0739 e. The predicted octanol–water partition coefficient (Wildman–Crippen LogP) is 6.63. The van der Waals surface area contributed by atoms with Gasteiger partial charge in [0.2, 0.25) is 0 Å². The van der Waals surface area contributed by atoms with E-state index in [-0.39, 0.29) is 0 Å².